The van der Waals surface area contributed by atoms with Gasteiger partial charge in [-0.05, 0) is 43.9 Å². The molecule has 0 spiro atoms. The quantitative estimate of drug-likeness (QED) is 0.626. The van der Waals surface area contributed by atoms with Gasteiger partial charge >= 0.3 is 0 Å². The Morgan fingerprint density at radius 2 is 2.05 bits per heavy atom. The lowest BCUT2D eigenvalue weighted by Gasteiger charge is -2.33. The average Bonchev–Trinajstić information content (AvgIpc) is 2.47. The van der Waals surface area contributed by atoms with E-state index in [1.165, 1.54) is 18.2 Å². The lowest BCUT2D eigenvalue weighted by molar-refractivity contribution is -0.384. The van der Waals surface area contributed by atoms with Gasteiger partial charge in [-0.25, -0.2) is 0 Å². The highest BCUT2D eigenvalue weighted by Gasteiger charge is 2.25. The molecule has 1 fully saturated rings. The minimum absolute atomic E-state index is 0.0114. The maximum Gasteiger partial charge on any atom is 0.292 e. The van der Waals surface area contributed by atoms with Gasteiger partial charge in [-0.2, -0.15) is 0 Å². The van der Waals surface area contributed by atoms with Crippen LogP contribution >= 0.6 is 0 Å². The number of piperidine rings is 1. The van der Waals surface area contributed by atoms with E-state index in [0.29, 0.717) is 23.7 Å². The summed E-state index contributed by atoms with van der Waals surface area (Å²) < 4.78 is 0. The number of amides is 1. The normalized spacial score (nSPS) is 16.0. The summed E-state index contributed by atoms with van der Waals surface area (Å²) in [5, 5.41) is 11.2. The third-order valence-corrected chi connectivity index (χ3v) is 3.99. The number of carbonyl (C=O) groups is 1. The molecule has 0 saturated carbocycles. The highest BCUT2D eigenvalue weighted by atomic mass is 16.6. The largest absolute Gasteiger partial charge is 0.366 e. The number of benzene rings is 1. The summed E-state index contributed by atoms with van der Waals surface area (Å²) in [6, 6.07) is 4.26. The third-order valence-electron chi connectivity index (χ3n) is 3.99. The van der Waals surface area contributed by atoms with Crippen molar-refractivity contribution in [2.24, 2.45) is 17.4 Å². The summed E-state index contributed by atoms with van der Waals surface area (Å²) in [5.41, 5.74) is 11.6. The second-order valence-electron chi connectivity index (χ2n) is 5.33. The summed E-state index contributed by atoms with van der Waals surface area (Å²) in [6.07, 6.45) is 2.89. The Morgan fingerprint density at radius 3 is 2.57 bits per heavy atom. The summed E-state index contributed by atoms with van der Waals surface area (Å²) in [4.78, 5) is 24.0. The van der Waals surface area contributed by atoms with E-state index in [-0.39, 0.29) is 5.69 Å². The fourth-order valence-electron chi connectivity index (χ4n) is 2.78. The van der Waals surface area contributed by atoms with E-state index >= 15 is 0 Å². The molecule has 1 amide bonds. The Kier molecular flexibility index (Phi) is 4.74. The molecule has 4 N–H and O–H groups in total. The molecule has 0 radical (unpaired) electrons. The minimum Gasteiger partial charge on any atom is -0.366 e. The van der Waals surface area contributed by atoms with E-state index in [0.717, 1.165) is 32.4 Å². The van der Waals surface area contributed by atoms with Crippen molar-refractivity contribution in [1.29, 1.82) is 0 Å². The van der Waals surface area contributed by atoms with Crippen LogP contribution in [0.15, 0.2) is 18.2 Å². The Morgan fingerprint density at radius 1 is 1.38 bits per heavy atom. The molecule has 0 aliphatic carbocycles. The highest BCUT2D eigenvalue weighted by Crippen LogP contribution is 2.32. The van der Waals surface area contributed by atoms with Crippen LogP contribution in [0.25, 0.3) is 0 Å². The van der Waals surface area contributed by atoms with Gasteiger partial charge in [0.25, 0.3) is 5.69 Å². The lowest BCUT2D eigenvalue weighted by Crippen LogP contribution is -2.34. The smallest absolute Gasteiger partial charge is 0.292 e. The summed E-state index contributed by atoms with van der Waals surface area (Å²) in [5.74, 6) is -0.00575. The number of anilines is 1. The molecule has 0 aromatic heterocycles. The van der Waals surface area contributed by atoms with E-state index in [2.05, 4.69) is 0 Å². The maximum atomic E-state index is 11.3. The van der Waals surface area contributed by atoms with Crippen LogP contribution in [0, 0.1) is 16.0 Å². The van der Waals surface area contributed by atoms with Gasteiger partial charge in [0, 0.05) is 24.7 Å². The van der Waals surface area contributed by atoms with Crippen LogP contribution in [-0.4, -0.2) is 30.5 Å². The van der Waals surface area contributed by atoms with Crippen molar-refractivity contribution in [3.63, 3.8) is 0 Å². The van der Waals surface area contributed by atoms with E-state index in [1.807, 2.05) is 4.90 Å². The van der Waals surface area contributed by atoms with Crippen molar-refractivity contribution in [1.82, 2.24) is 0 Å². The van der Waals surface area contributed by atoms with Crippen molar-refractivity contribution < 1.29 is 9.72 Å². The van der Waals surface area contributed by atoms with E-state index in [4.69, 9.17) is 11.5 Å². The van der Waals surface area contributed by atoms with Crippen LogP contribution in [0.4, 0.5) is 11.4 Å². The number of nitrogens with zero attached hydrogens (tertiary/aromatic N) is 2. The van der Waals surface area contributed by atoms with Crippen LogP contribution in [0.2, 0.25) is 0 Å². The zero-order valence-corrected chi connectivity index (χ0v) is 11.8. The summed E-state index contributed by atoms with van der Waals surface area (Å²) in [6.45, 7) is 2.13. The molecule has 0 atom stereocenters. The predicted octanol–water partition coefficient (Wildman–Crippen LogP) is 1.26. The van der Waals surface area contributed by atoms with Crippen molar-refractivity contribution in [3.05, 3.63) is 33.9 Å². The molecule has 0 unspecified atom stereocenters. The fourth-order valence-corrected chi connectivity index (χ4v) is 2.78. The second kappa shape index (κ2) is 6.53. The molecule has 21 heavy (non-hydrogen) atoms. The number of hydrogen-bond donors (Lipinski definition) is 2. The van der Waals surface area contributed by atoms with Gasteiger partial charge < -0.3 is 16.4 Å². The number of rotatable bonds is 5. The molecule has 7 heteroatoms. The number of nitro groups is 1. The van der Waals surface area contributed by atoms with Crippen LogP contribution in [0.3, 0.4) is 0 Å². The van der Waals surface area contributed by atoms with Gasteiger partial charge in [-0.3, -0.25) is 14.9 Å². The van der Waals surface area contributed by atoms with Crippen molar-refractivity contribution in [2.45, 2.75) is 19.3 Å². The van der Waals surface area contributed by atoms with Crippen molar-refractivity contribution in [3.8, 4) is 0 Å². The van der Waals surface area contributed by atoms with Crippen LogP contribution < -0.4 is 16.4 Å². The molecular formula is C14H20N4O3. The Bertz CT molecular complexity index is 539. The zero-order valence-electron chi connectivity index (χ0n) is 11.8. The Balaban J connectivity index is 2.23. The van der Waals surface area contributed by atoms with Crippen LogP contribution in [0.1, 0.15) is 29.6 Å². The first-order chi connectivity index (χ1) is 10.0. The highest BCUT2D eigenvalue weighted by molar-refractivity contribution is 5.94. The first-order valence-corrected chi connectivity index (χ1v) is 7.06. The van der Waals surface area contributed by atoms with Gasteiger partial charge in [0.15, 0.2) is 0 Å². The monoisotopic (exact) mass is 292 g/mol. The van der Waals surface area contributed by atoms with E-state index in [1.54, 1.807) is 0 Å². The molecule has 0 bridgehead atoms. The maximum absolute atomic E-state index is 11.3. The molecule has 7 nitrogen and oxygen atoms in total. The summed E-state index contributed by atoms with van der Waals surface area (Å²) >= 11 is 0. The number of primary amides is 1. The third kappa shape index (κ3) is 3.49. The fraction of sp³-hybridized carbons (Fsp3) is 0.500. The van der Waals surface area contributed by atoms with Gasteiger partial charge in [0.2, 0.25) is 5.91 Å². The van der Waals surface area contributed by atoms with Crippen molar-refractivity contribution >= 4 is 17.3 Å². The number of nitro benzene ring substituents is 1. The molecule has 1 saturated heterocycles. The number of carbonyl (C=O) groups excluding carboxylic acids is 1. The van der Waals surface area contributed by atoms with E-state index in [9.17, 15) is 14.9 Å². The van der Waals surface area contributed by atoms with Gasteiger partial charge in [-0.1, -0.05) is 0 Å². The van der Waals surface area contributed by atoms with Gasteiger partial charge in [0.05, 0.1) is 4.92 Å². The molecule has 1 aromatic carbocycles. The standard InChI is InChI=1S/C14H20N4O3/c15-6-3-10-4-7-17(8-5-10)13-9-11(14(16)19)1-2-12(13)18(20)21/h1-2,9-10H,3-8,15H2,(H2,16,19). The Labute approximate surface area is 123 Å². The summed E-state index contributed by atoms with van der Waals surface area (Å²) in [7, 11) is 0. The molecule has 1 heterocycles. The number of nitrogens with two attached hydrogens (primary N) is 2. The van der Waals surface area contributed by atoms with E-state index < -0.39 is 10.8 Å². The topological polar surface area (TPSA) is 115 Å². The molecule has 1 aromatic rings. The second-order valence-corrected chi connectivity index (χ2v) is 5.33. The first-order valence-electron chi connectivity index (χ1n) is 7.06. The molecule has 1 aliphatic heterocycles. The Hall–Kier alpha value is -2.15. The van der Waals surface area contributed by atoms with Gasteiger partial charge in [0.1, 0.15) is 5.69 Å². The zero-order chi connectivity index (χ0) is 15.4. The molecular weight excluding hydrogens is 272 g/mol. The van der Waals surface area contributed by atoms with Crippen LogP contribution in [-0.2, 0) is 0 Å². The molecule has 1 aliphatic rings. The predicted molar refractivity (Wildman–Crippen MR) is 80.2 cm³/mol. The lowest BCUT2D eigenvalue weighted by atomic mass is 9.93. The molecule has 2 rings (SSSR count). The molecule has 114 valence electrons. The van der Waals surface area contributed by atoms with Crippen molar-refractivity contribution in [2.75, 3.05) is 24.5 Å². The average molecular weight is 292 g/mol. The SMILES string of the molecule is NCCC1CCN(c2cc(C(N)=O)ccc2[N+](=O)[O-])CC1. The number of hydrogen-bond acceptors (Lipinski definition) is 5. The van der Waals surface area contributed by atoms with Gasteiger partial charge in [-0.15, -0.1) is 0 Å². The minimum atomic E-state index is -0.579. The first kappa shape index (κ1) is 15.2. The van der Waals surface area contributed by atoms with Crippen LogP contribution in [0.5, 0.6) is 0 Å².